The summed E-state index contributed by atoms with van der Waals surface area (Å²) in [5, 5.41) is 10.2. The number of nitrogens with one attached hydrogen (secondary N) is 1. The van der Waals surface area contributed by atoms with Gasteiger partial charge in [0.15, 0.2) is 6.61 Å². The molecule has 0 aliphatic heterocycles. The summed E-state index contributed by atoms with van der Waals surface area (Å²) in [7, 11) is 1.50. The second-order valence-corrected chi connectivity index (χ2v) is 6.15. The van der Waals surface area contributed by atoms with E-state index >= 15 is 0 Å². The molecule has 0 bridgehead atoms. The van der Waals surface area contributed by atoms with Crippen molar-refractivity contribution in [2.45, 2.75) is 13.0 Å². The number of rotatable bonds is 7. The molecule has 30 heavy (non-hydrogen) atoms. The molecular formula is C20H18N4O6. The number of hydrogen-bond acceptors (Lipinski definition) is 8. The van der Waals surface area contributed by atoms with E-state index in [0.717, 1.165) is 4.68 Å². The van der Waals surface area contributed by atoms with Crippen molar-refractivity contribution < 1.29 is 23.9 Å². The number of methoxy groups -OCH3 is 1. The molecule has 0 saturated carbocycles. The Kier molecular flexibility index (Phi) is 6.48. The second kappa shape index (κ2) is 9.41. The number of aromatic nitrogens is 3. The Labute approximate surface area is 170 Å². The van der Waals surface area contributed by atoms with E-state index in [1.807, 2.05) is 0 Å². The van der Waals surface area contributed by atoms with Gasteiger partial charge in [0.05, 0.1) is 25.5 Å². The summed E-state index contributed by atoms with van der Waals surface area (Å²) in [6.45, 7) is -0.680. The van der Waals surface area contributed by atoms with Crippen LogP contribution in [0.25, 0.3) is 10.9 Å². The van der Waals surface area contributed by atoms with Crippen molar-refractivity contribution >= 4 is 28.7 Å². The minimum Gasteiger partial charge on any atom is -0.497 e. The molecule has 2 amide bonds. The Bertz CT molecular complexity index is 1140. The zero-order chi connectivity index (χ0) is 21.5. The maximum absolute atomic E-state index is 12.3. The fraction of sp³-hybridized carbons (Fsp3) is 0.200. The third kappa shape index (κ3) is 5.04. The Morgan fingerprint density at radius 2 is 1.80 bits per heavy atom. The fourth-order valence-electron chi connectivity index (χ4n) is 2.56. The standard InChI is InChI=1S/C20H18N4O6/c1-29-14-8-6-13(7-9-14)19(27)21-17(25)12-30-18(26)10-11-24-20(28)15-4-2-3-5-16(15)22-23-24/h2-9H,10-12H2,1H3,(H,21,25,27). The van der Waals surface area contributed by atoms with E-state index < -0.39 is 24.4 Å². The van der Waals surface area contributed by atoms with Crippen molar-refractivity contribution in [2.24, 2.45) is 0 Å². The Balaban J connectivity index is 1.47. The zero-order valence-electron chi connectivity index (χ0n) is 16.0. The first-order valence-corrected chi connectivity index (χ1v) is 8.94. The third-order valence-corrected chi connectivity index (χ3v) is 4.13. The van der Waals surface area contributed by atoms with E-state index in [1.165, 1.54) is 19.2 Å². The van der Waals surface area contributed by atoms with Gasteiger partial charge in [-0.25, -0.2) is 4.68 Å². The molecule has 2 aromatic carbocycles. The van der Waals surface area contributed by atoms with Crippen LogP contribution in [0.4, 0.5) is 0 Å². The molecule has 1 aromatic heterocycles. The molecule has 10 heteroatoms. The Hall–Kier alpha value is -4.08. The van der Waals surface area contributed by atoms with Gasteiger partial charge >= 0.3 is 5.97 Å². The molecule has 0 saturated heterocycles. The predicted octanol–water partition coefficient (Wildman–Crippen LogP) is 0.690. The van der Waals surface area contributed by atoms with Crippen LogP contribution >= 0.6 is 0 Å². The minimum absolute atomic E-state index is 0.0537. The lowest BCUT2D eigenvalue weighted by molar-refractivity contribution is -0.148. The predicted molar refractivity (Wildman–Crippen MR) is 105 cm³/mol. The number of nitrogens with zero attached hydrogens (tertiary/aromatic N) is 3. The highest BCUT2D eigenvalue weighted by Gasteiger charge is 2.14. The summed E-state index contributed by atoms with van der Waals surface area (Å²) in [4.78, 5) is 48.0. The van der Waals surface area contributed by atoms with Crippen molar-refractivity contribution in [1.29, 1.82) is 0 Å². The van der Waals surface area contributed by atoms with Gasteiger partial charge in [0.2, 0.25) is 0 Å². The number of imide groups is 1. The van der Waals surface area contributed by atoms with Crippen LogP contribution in [0.5, 0.6) is 5.75 Å². The molecule has 1 heterocycles. The van der Waals surface area contributed by atoms with Gasteiger partial charge in [0.1, 0.15) is 11.3 Å². The summed E-state index contributed by atoms with van der Waals surface area (Å²) < 4.78 is 10.9. The number of hydrogen-bond donors (Lipinski definition) is 1. The van der Waals surface area contributed by atoms with Crippen LogP contribution in [-0.2, 0) is 20.9 Å². The first kappa shape index (κ1) is 20.6. The fourth-order valence-corrected chi connectivity index (χ4v) is 2.56. The molecular weight excluding hydrogens is 392 g/mol. The molecule has 0 aliphatic carbocycles. The smallest absolute Gasteiger partial charge is 0.308 e. The Morgan fingerprint density at radius 1 is 1.07 bits per heavy atom. The molecule has 3 rings (SSSR count). The van der Waals surface area contributed by atoms with Gasteiger partial charge in [-0.15, -0.1) is 5.10 Å². The lowest BCUT2D eigenvalue weighted by Gasteiger charge is -2.07. The van der Waals surface area contributed by atoms with Crippen LogP contribution in [0.1, 0.15) is 16.8 Å². The lowest BCUT2D eigenvalue weighted by Crippen LogP contribution is -2.34. The van der Waals surface area contributed by atoms with Gasteiger partial charge in [0, 0.05) is 5.56 Å². The normalized spacial score (nSPS) is 10.4. The molecule has 154 valence electrons. The van der Waals surface area contributed by atoms with Crippen LogP contribution in [0.15, 0.2) is 53.3 Å². The van der Waals surface area contributed by atoms with Crippen LogP contribution in [-0.4, -0.2) is 46.5 Å². The number of carbonyl (C=O) groups is 3. The number of amides is 2. The van der Waals surface area contributed by atoms with Crippen LogP contribution in [0.3, 0.4) is 0 Å². The zero-order valence-corrected chi connectivity index (χ0v) is 16.0. The van der Waals surface area contributed by atoms with E-state index in [0.29, 0.717) is 16.7 Å². The van der Waals surface area contributed by atoms with Gasteiger partial charge in [-0.3, -0.25) is 24.5 Å². The van der Waals surface area contributed by atoms with Gasteiger partial charge < -0.3 is 9.47 Å². The van der Waals surface area contributed by atoms with Crippen molar-refractivity contribution in [3.05, 3.63) is 64.4 Å². The number of aryl methyl sites for hydroxylation is 1. The molecule has 0 atom stereocenters. The minimum atomic E-state index is -0.771. The van der Waals surface area contributed by atoms with Gasteiger partial charge in [-0.05, 0) is 36.4 Å². The molecule has 0 aliphatic rings. The summed E-state index contributed by atoms with van der Waals surface area (Å²) >= 11 is 0. The number of fused-ring (bicyclic) bond motifs is 1. The Morgan fingerprint density at radius 3 is 2.53 bits per heavy atom. The van der Waals surface area contributed by atoms with Gasteiger partial charge in [-0.1, -0.05) is 17.3 Å². The first-order chi connectivity index (χ1) is 14.5. The summed E-state index contributed by atoms with van der Waals surface area (Å²) in [5.41, 5.74) is 0.334. The second-order valence-electron chi connectivity index (χ2n) is 6.15. The average molecular weight is 410 g/mol. The van der Waals surface area contributed by atoms with E-state index in [2.05, 4.69) is 15.6 Å². The van der Waals surface area contributed by atoms with Crippen LogP contribution in [0, 0.1) is 0 Å². The van der Waals surface area contributed by atoms with E-state index in [-0.39, 0.29) is 24.1 Å². The van der Waals surface area contributed by atoms with E-state index in [4.69, 9.17) is 9.47 Å². The van der Waals surface area contributed by atoms with Crippen molar-refractivity contribution in [3.8, 4) is 5.75 Å². The third-order valence-electron chi connectivity index (χ3n) is 4.13. The van der Waals surface area contributed by atoms with Gasteiger partial charge in [0.25, 0.3) is 17.4 Å². The number of ether oxygens (including phenoxy) is 2. The molecule has 10 nitrogen and oxygen atoms in total. The number of carbonyl (C=O) groups excluding carboxylic acids is 3. The summed E-state index contributed by atoms with van der Waals surface area (Å²) in [6.07, 6.45) is -0.188. The maximum atomic E-state index is 12.3. The number of benzene rings is 2. The molecule has 0 spiro atoms. The number of esters is 1. The molecule has 0 radical (unpaired) electrons. The van der Waals surface area contributed by atoms with Crippen molar-refractivity contribution in [3.63, 3.8) is 0 Å². The van der Waals surface area contributed by atoms with E-state index in [9.17, 15) is 19.2 Å². The maximum Gasteiger partial charge on any atom is 0.308 e. The monoisotopic (exact) mass is 410 g/mol. The van der Waals surface area contributed by atoms with Crippen LogP contribution in [0.2, 0.25) is 0 Å². The highest BCUT2D eigenvalue weighted by Crippen LogP contribution is 2.11. The SMILES string of the molecule is COc1ccc(C(=O)NC(=O)COC(=O)CCn2nnc3ccccc3c2=O)cc1. The molecule has 1 N–H and O–H groups in total. The van der Waals surface area contributed by atoms with Crippen LogP contribution < -0.4 is 15.6 Å². The van der Waals surface area contributed by atoms with Crippen molar-refractivity contribution in [1.82, 2.24) is 20.3 Å². The van der Waals surface area contributed by atoms with Crippen molar-refractivity contribution in [2.75, 3.05) is 13.7 Å². The highest BCUT2D eigenvalue weighted by atomic mass is 16.5. The van der Waals surface area contributed by atoms with E-state index in [1.54, 1.807) is 36.4 Å². The summed E-state index contributed by atoms with van der Waals surface area (Å²) in [6, 6.07) is 12.9. The highest BCUT2D eigenvalue weighted by molar-refractivity contribution is 6.05. The first-order valence-electron chi connectivity index (χ1n) is 8.94. The molecule has 0 unspecified atom stereocenters. The van der Waals surface area contributed by atoms with Gasteiger partial charge in [-0.2, -0.15) is 0 Å². The summed E-state index contributed by atoms with van der Waals surface area (Å²) in [5.74, 6) is -1.55. The lowest BCUT2D eigenvalue weighted by atomic mass is 10.2. The topological polar surface area (TPSA) is 129 Å². The molecule has 3 aromatic rings. The molecule has 0 fully saturated rings. The quantitative estimate of drug-likeness (QED) is 0.563. The largest absolute Gasteiger partial charge is 0.497 e. The average Bonchev–Trinajstić information content (AvgIpc) is 2.77.